The third kappa shape index (κ3) is 6.14. The summed E-state index contributed by atoms with van der Waals surface area (Å²) >= 11 is 0. The van der Waals surface area contributed by atoms with Gasteiger partial charge in [-0.2, -0.15) is 0 Å². The van der Waals surface area contributed by atoms with E-state index in [2.05, 4.69) is 10.6 Å². The molecule has 1 aliphatic rings. The van der Waals surface area contributed by atoms with Crippen LogP contribution in [0.25, 0.3) is 0 Å². The van der Waals surface area contributed by atoms with Crippen molar-refractivity contribution in [1.29, 1.82) is 0 Å². The molecule has 9 heteroatoms. The molecule has 2 heterocycles. The number of nitrogens with zero attached hydrogens (tertiary/aromatic N) is 1. The number of hydrogen-bond donors (Lipinski definition) is 2. The first-order chi connectivity index (χ1) is 17.0. The molecule has 9 nitrogen and oxygen atoms in total. The predicted molar refractivity (Wildman–Crippen MR) is 128 cm³/mol. The molecule has 0 atom stereocenters. The number of rotatable bonds is 7. The number of esters is 1. The van der Waals surface area contributed by atoms with Gasteiger partial charge in [0.25, 0.3) is 11.8 Å². The fourth-order valence-electron chi connectivity index (χ4n) is 3.81. The first-order valence-electron chi connectivity index (χ1n) is 11.3. The van der Waals surface area contributed by atoms with Gasteiger partial charge in [-0.3, -0.25) is 14.4 Å². The second-order valence-corrected chi connectivity index (χ2v) is 8.06. The summed E-state index contributed by atoms with van der Waals surface area (Å²) in [6.45, 7) is 0.373. The maximum atomic E-state index is 12.6. The van der Waals surface area contributed by atoms with Crippen molar-refractivity contribution < 1.29 is 28.3 Å². The summed E-state index contributed by atoms with van der Waals surface area (Å²) in [5, 5.41) is 5.50. The number of anilines is 2. The van der Waals surface area contributed by atoms with Crippen molar-refractivity contribution >= 4 is 35.1 Å². The second-order valence-electron chi connectivity index (χ2n) is 8.06. The van der Waals surface area contributed by atoms with Gasteiger partial charge in [-0.25, -0.2) is 4.79 Å². The molecule has 0 spiro atoms. The van der Waals surface area contributed by atoms with E-state index in [1.165, 1.54) is 18.4 Å². The average molecular weight is 476 g/mol. The van der Waals surface area contributed by atoms with Crippen LogP contribution in [0.2, 0.25) is 0 Å². The summed E-state index contributed by atoms with van der Waals surface area (Å²) in [5.41, 5.74) is 1.11. The van der Waals surface area contributed by atoms with E-state index < -0.39 is 18.5 Å². The lowest BCUT2D eigenvalue weighted by atomic mass is 9.95. The smallest absolute Gasteiger partial charge is 0.340 e. The van der Waals surface area contributed by atoms with Crippen LogP contribution < -0.4 is 10.6 Å². The Balaban J connectivity index is 1.26. The van der Waals surface area contributed by atoms with Gasteiger partial charge in [-0.05, 0) is 49.2 Å². The molecule has 0 radical (unpaired) electrons. The van der Waals surface area contributed by atoms with Gasteiger partial charge in [-0.15, -0.1) is 0 Å². The molecule has 180 valence electrons. The Morgan fingerprint density at radius 1 is 0.886 bits per heavy atom. The first kappa shape index (κ1) is 23.7. The van der Waals surface area contributed by atoms with Crippen LogP contribution in [-0.4, -0.2) is 48.3 Å². The average Bonchev–Trinajstić information content (AvgIpc) is 3.43. The molecule has 3 aromatic rings. The van der Waals surface area contributed by atoms with Crippen molar-refractivity contribution in [2.24, 2.45) is 5.92 Å². The molecule has 3 amide bonds. The number of hydrogen-bond acceptors (Lipinski definition) is 6. The number of amides is 3. The van der Waals surface area contributed by atoms with Crippen molar-refractivity contribution in [2.75, 3.05) is 30.3 Å². The maximum Gasteiger partial charge on any atom is 0.340 e. The highest BCUT2D eigenvalue weighted by atomic mass is 16.5. The third-order valence-corrected chi connectivity index (χ3v) is 5.73. The van der Waals surface area contributed by atoms with E-state index >= 15 is 0 Å². The quantitative estimate of drug-likeness (QED) is 0.505. The van der Waals surface area contributed by atoms with E-state index in [4.69, 9.17) is 9.15 Å². The van der Waals surface area contributed by atoms with Crippen molar-refractivity contribution in [3.8, 4) is 0 Å². The number of carbonyl (C=O) groups is 4. The molecule has 2 N–H and O–H groups in total. The minimum atomic E-state index is -0.731. The molecule has 0 aliphatic carbocycles. The van der Waals surface area contributed by atoms with E-state index in [1.54, 1.807) is 29.2 Å². The van der Waals surface area contributed by atoms with Gasteiger partial charge in [0.15, 0.2) is 12.4 Å². The Labute approximate surface area is 202 Å². The van der Waals surface area contributed by atoms with E-state index in [9.17, 15) is 19.2 Å². The monoisotopic (exact) mass is 475 g/mol. The normalized spacial score (nSPS) is 13.7. The Hall–Kier alpha value is -4.40. The van der Waals surface area contributed by atoms with E-state index in [1.807, 2.05) is 30.3 Å². The third-order valence-electron chi connectivity index (χ3n) is 5.73. The van der Waals surface area contributed by atoms with Crippen LogP contribution in [0.5, 0.6) is 0 Å². The summed E-state index contributed by atoms with van der Waals surface area (Å²) in [4.78, 5) is 51.5. The van der Waals surface area contributed by atoms with Gasteiger partial charge in [0.1, 0.15) is 0 Å². The van der Waals surface area contributed by atoms with Crippen molar-refractivity contribution in [3.63, 3.8) is 0 Å². The molecule has 0 saturated carbocycles. The fourth-order valence-corrected chi connectivity index (χ4v) is 3.81. The van der Waals surface area contributed by atoms with Gasteiger partial charge in [-0.1, -0.05) is 30.3 Å². The number of furan rings is 1. The van der Waals surface area contributed by atoms with Crippen LogP contribution in [-0.2, 0) is 14.3 Å². The van der Waals surface area contributed by atoms with Gasteiger partial charge in [0.05, 0.1) is 17.5 Å². The molecule has 2 aromatic carbocycles. The van der Waals surface area contributed by atoms with Gasteiger partial charge < -0.3 is 24.7 Å². The Morgan fingerprint density at radius 3 is 2.31 bits per heavy atom. The molecule has 0 unspecified atom stereocenters. The lowest BCUT2D eigenvalue weighted by Crippen LogP contribution is -2.43. The zero-order valence-corrected chi connectivity index (χ0v) is 18.9. The fraction of sp³-hybridized carbons (Fsp3) is 0.231. The Bertz CT molecular complexity index is 1180. The summed E-state index contributed by atoms with van der Waals surface area (Å²) in [5.74, 6) is -1.73. The standard InChI is InChI=1S/C26H25N3O6/c30-23(29-14-12-18(13-15-29)24(31)27-19-7-2-1-3-8-19)17-35-26(33)20-9-4-5-10-21(20)28-25(32)22-11-6-16-34-22/h1-11,16,18H,12-15,17H2,(H,27,31)(H,28,32). The van der Waals surface area contributed by atoms with Crippen LogP contribution in [0.1, 0.15) is 33.8 Å². The molecule has 1 aromatic heterocycles. The van der Waals surface area contributed by atoms with Gasteiger partial charge in [0.2, 0.25) is 5.91 Å². The van der Waals surface area contributed by atoms with Crippen LogP contribution in [0.3, 0.4) is 0 Å². The summed E-state index contributed by atoms with van der Waals surface area (Å²) in [6.07, 6.45) is 2.43. The second kappa shape index (κ2) is 11.1. The Kier molecular flexibility index (Phi) is 7.57. The number of likely N-dealkylation sites (tertiary alicyclic amines) is 1. The van der Waals surface area contributed by atoms with Crippen LogP contribution in [0.4, 0.5) is 11.4 Å². The maximum absolute atomic E-state index is 12.6. The molecule has 1 saturated heterocycles. The lowest BCUT2D eigenvalue weighted by molar-refractivity contribution is -0.137. The predicted octanol–water partition coefficient (Wildman–Crippen LogP) is 3.57. The van der Waals surface area contributed by atoms with Crippen molar-refractivity contribution in [2.45, 2.75) is 12.8 Å². The zero-order chi connectivity index (χ0) is 24.6. The minimum absolute atomic E-state index is 0.0667. The topological polar surface area (TPSA) is 118 Å². The molecule has 35 heavy (non-hydrogen) atoms. The Morgan fingerprint density at radius 2 is 1.60 bits per heavy atom. The number of nitrogens with one attached hydrogen (secondary N) is 2. The number of ether oxygens (including phenoxy) is 1. The van der Waals surface area contributed by atoms with E-state index in [0.717, 1.165) is 5.69 Å². The highest BCUT2D eigenvalue weighted by Gasteiger charge is 2.28. The van der Waals surface area contributed by atoms with Crippen molar-refractivity contribution in [3.05, 3.63) is 84.3 Å². The molecule has 1 fully saturated rings. The minimum Gasteiger partial charge on any atom is -0.459 e. The largest absolute Gasteiger partial charge is 0.459 e. The van der Waals surface area contributed by atoms with Crippen LogP contribution in [0, 0.1) is 5.92 Å². The number of carbonyl (C=O) groups excluding carboxylic acids is 4. The SMILES string of the molecule is O=C(Nc1ccccc1C(=O)OCC(=O)N1CCC(C(=O)Nc2ccccc2)CC1)c1ccco1. The molecule has 0 bridgehead atoms. The lowest BCUT2D eigenvalue weighted by Gasteiger charge is -2.31. The molecule has 4 rings (SSSR count). The van der Waals surface area contributed by atoms with Gasteiger partial charge >= 0.3 is 5.97 Å². The van der Waals surface area contributed by atoms with Crippen LogP contribution >= 0.6 is 0 Å². The zero-order valence-electron chi connectivity index (χ0n) is 18.9. The summed E-state index contributed by atoms with van der Waals surface area (Å²) in [7, 11) is 0. The van der Waals surface area contributed by atoms with E-state index in [0.29, 0.717) is 25.9 Å². The van der Waals surface area contributed by atoms with E-state index in [-0.39, 0.29) is 34.7 Å². The summed E-state index contributed by atoms with van der Waals surface area (Å²) in [6, 6.07) is 18.7. The van der Waals surface area contributed by atoms with Crippen LogP contribution in [0.15, 0.2) is 77.4 Å². The number of benzene rings is 2. The molecule has 1 aliphatic heterocycles. The number of para-hydroxylation sites is 2. The molecular formula is C26H25N3O6. The molecular weight excluding hydrogens is 450 g/mol. The first-order valence-corrected chi connectivity index (χ1v) is 11.3. The highest BCUT2D eigenvalue weighted by molar-refractivity contribution is 6.06. The van der Waals surface area contributed by atoms with Crippen molar-refractivity contribution in [1.82, 2.24) is 4.90 Å². The summed E-state index contributed by atoms with van der Waals surface area (Å²) < 4.78 is 10.3. The van der Waals surface area contributed by atoms with Gasteiger partial charge in [0, 0.05) is 24.7 Å². The number of piperidine rings is 1. The highest BCUT2D eigenvalue weighted by Crippen LogP contribution is 2.21.